The molecule has 25 heavy (non-hydrogen) atoms. The van der Waals surface area contributed by atoms with Gasteiger partial charge in [0.2, 0.25) is 20.9 Å². The maximum absolute atomic E-state index is 12.9. The van der Waals surface area contributed by atoms with E-state index in [1.54, 1.807) is 11.5 Å². The zero-order valence-electron chi connectivity index (χ0n) is 13.8. The molecule has 0 fully saturated rings. The van der Waals surface area contributed by atoms with Crippen molar-refractivity contribution in [2.24, 2.45) is 0 Å². The van der Waals surface area contributed by atoms with Crippen molar-refractivity contribution in [3.05, 3.63) is 34.8 Å². The van der Waals surface area contributed by atoms with Crippen LogP contribution in [0.15, 0.2) is 27.1 Å². The molecule has 0 radical (unpaired) electrons. The number of aryl methyl sites for hydroxylation is 2. The summed E-state index contributed by atoms with van der Waals surface area (Å²) in [7, 11) is -3.64. The van der Waals surface area contributed by atoms with Gasteiger partial charge in [0.05, 0.1) is 10.6 Å². The van der Waals surface area contributed by atoms with Crippen LogP contribution in [0, 0.1) is 6.92 Å². The van der Waals surface area contributed by atoms with Crippen LogP contribution < -0.4 is 0 Å². The van der Waals surface area contributed by atoms with Gasteiger partial charge in [-0.2, -0.15) is 0 Å². The molecular weight excluding hydrogens is 360 g/mol. The highest BCUT2D eigenvalue weighted by molar-refractivity contribution is 7.90. The zero-order chi connectivity index (χ0) is 17.4. The first kappa shape index (κ1) is 16.5. The first-order valence-corrected chi connectivity index (χ1v) is 10.7. The molecule has 0 N–H and O–H groups in total. The van der Waals surface area contributed by atoms with E-state index in [1.807, 2.05) is 17.5 Å². The van der Waals surface area contributed by atoms with E-state index in [0.29, 0.717) is 23.9 Å². The van der Waals surface area contributed by atoms with Gasteiger partial charge in [0.15, 0.2) is 0 Å². The summed E-state index contributed by atoms with van der Waals surface area (Å²) in [6.07, 6.45) is 3.81. The predicted octanol–water partition coefficient (Wildman–Crippen LogP) is 3.00. The van der Waals surface area contributed by atoms with E-state index in [0.717, 1.165) is 36.4 Å². The Morgan fingerprint density at radius 2 is 2.16 bits per heavy atom. The van der Waals surface area contributed by atoms with Crippen molar-refractivity contribution in [2.45, 2.75) is 50.1 Å². The molecule has 0 aliphatic carbocycles. The van der Waals surface area contributed by atoms with Gasteiger partial charge >= 0.3 is 0 Å². The SMILES string of the molecule is Cc1oc(-c2cccs2)nc1CS(=O)(=O)c1nnc2n1CCCCC2. The van der Waals surface area contributed by atoms with Crippen molar-refractivity contribution in [1.29, 1.82) is 0 Å². The molecule has 0 saturated carbocycles. The molecule has 7 nitrogen and oxygen atoms in total. The highest BCUT2D eigenvalue weighted by atomic mass is 32.2. The van der Waals surface area contributed by atoms with Gasteiger partial charge < -0.3 is 8.98 Å². The van der Waals surface area contributed by atoms with E-state index < -0.39 is 9.84 Å². The molecule has 0 saturated heterocycles. The van der Waals surface area contributed by atoms with Crippen LogP contribution in [0.5, 0.6) is 0 Å². The van der Waals surface area contributed by atoms with Gasteiger partial charge in [0.25, 0.3) is 0 Å². The molecule has 9 heteroatoms. The van der Waals surface area contributed by atoms with Crippen molar-refractivity contribution in [3.63, 3.8) is 0 Å². The molecule has 3 aromatic rings. The average molecular weight is 378 g/mol. The van der Waals surface area contributed by atoms with E-state index in [4.69, 9.17) is 4.42 Å². The summed E-state index contributed by atoms with van der Waals surface area (Å²) in [6.45, 7) is 2.38. The van der Waals surface area contributed by atoms with Crippen LogP contribution in [0.2, 0.25) is 0 Å². The summed E-state index contributed by atoms with van der Waals surface area (Å²) in [5.74, 6) is 1.50. The highest BCUT2D eigenvalue weighted by Crippen LogP contribution is 2.28. The summed E-state index contributed by atoms with van der Waals surface area (Å²) < 4.78 is 33.2. The first-order chi connectivity index (χ1) is 12.0. The average Bonchev–Trinajstić information content (AvgIpc) is 3.27. The van der Waals surface area contributed by atoms with Gasteiger partial charge in [-0.05, 0) is 31.2 Å². The number of nitrogens with zero attached hydrogens (tertiary/aromatic N) is 4. The maximum Gasteiger partial charge on any atom is 0.250 e. The molecule has 4 rings (SSSR count). The smallest absolute Gasteiger partial charge is 0.250 e. The predicted molar refractivity (Wildman–Crippen MR) is 93.0 cm³/mol. The van der Waals surface area contributed by atoms with Gasteiger partial charge in [0.1, 0.15) is 17.3 Å². The lowest BCUT2D eigenvalue weighted by Crippen LogP contribution is -2.14. The standard InChI is InChI=1S/C16H18N4O3S2/c1-11-12(17-15(23-11)13-6-5-9-24-13)10-25(21,22)16-19-18-14-7-3-2-4-8-20(14)16/h5-6,9H,2-4,7-8,10H2,1H3. The monoisotopic (exact) mass is 378 g/mol. The fraction of sp³-hybridized carbons (Fsp3) is 0.438. The van der Waals surface area contributed by atoms with Crippen molar-refractivity contribution in [3.8, 4) is 10.8 Å². The molecule has 3 aromatic heterocycles. The third-order valence-electron chi connectivity index (χ3n) is 4.31. The minimum absolute atomic E-state index is 0.0458. The summed E-state index contributed by atoms with van der Waals surface area (Å²) >= 11 is 1.50. The van der Waals surface area contributed by atoms with Crippen LogP contribution in [0.1, 0.15) is 36.5 Å². The number of rotatable bonds is 4. The van der Waals surface area contributed by atoms with Crippen molar-refractivity contribution in [2.75, 3.05) is 0 Å². The Labute approximate surface area is 149 Å². The number of hydrogen-bond acceptors (Lipinski definition) is 7. The molecule has 1 aliphatic heterocycles. The third-order valence-corrected chi connectivity index (χ3v) is 6.67. The van der Waals surface area contributed by atoms with Gasteiger partial charge in [-0.1, -0.05) is 12.5 Å². The van der Waals surface area contributed by atoms with Crippen LogP contribution in [0.25, 0.3) is 10.8 Å². The van der Waals surface area contributed by atoms with Gasteiger partial charge in [-0.3, -0.25) is 0 Å². The molecule has 4 heterocycles. The summed E-state index contributed by atoms with van der Waals surface area (Å²) in [6, 6.07) is 3.80. The summed E-state index contributed by atoms with van der Waals surface area (Å²) in [5, 5.41) is 10.0. The number of oxazole rings is 1. The van der Waals surface area contributed by atoms with Gasteiger partial charge in [-0.15, -0.1) is 21.5 Å². The number of sulfone groups is 1. The van der Waals surface area contributed by atoms with Crippen LogP contribution in [0.4, 0.5) is 0 Å². The van der Waals surface area contributed by atoms with E-state index in [2.05, 4.69) is 15.2 Å². The molecule has 132 valence electrons. The summed E-state index contributed by atoms with van der Waals surface area (Å²) in [5.41, 5.74) is 0.425. The lowest BCUT2D eigenvalue weighted by molar-refractivity contribution is 0.537. The molecular formula is C16H18N4O3S2. The van der Waals surface area contributed by atoms with Crippen LogP contribution in [0.3, 0.4) is 0 Å². The molecule has 1 aliphatic rings. The Morgan fingerprint density at radius 1 is 1.28 bits per heavy atom. The first-order valence-electron chi connectivity index (χ1n) is 8.19. The van der Waals surface area contributed by atoms with E-state index in [9.17, 15) is 8.42 Å². The highest BCUT2D eigenvalue weighted by Gasteiger charge is 2.28. The maximum atomic E-state index is 12.9. The second-order valence-electron chi connectivity index (χ2n) is 6.12. The van der Waals surface area contributed by atoms with Crippen molar-refractivity contribution >= 4 is 21.2 Å². The molecule has 0 unspecified atom stereocenters. The number of aromatic nitrogens is 4. The Bertz CT molecular complexity index is 987. The number of fused-ring (bicyclic) bond motifs is 1. The van der Waals surface area contributed by atoms with E-state index in [1.165, 1.54) is 11.3 Å². The Hall–Kier alpha value is -2.00. The van der Waals surface area contributed by atoms with Crippen LogP contribution in [-0.2, 0) is 28.6 Å². The van der Waals surface area contributed by atoms with Crippen LogP contribution >= 0.6 is 11.3 Å². The number of hydrogen-bond donors (Lipinski definition) is 0. The summed E-state index contributed by atoms with van der Waals surface area (Å²) in [4.78, 5) is 5.26. The minimum Gasteiger partial charge on any atom is -0.440 e. The van der Waals surface area contributed by atoms with E-state index in [-0.39, 0.29) is 10.9 Å². The minimum atomic E-state index is -3.64. The molecule has 0 spiro atoms. The Morgan fingerprint density at radius 3 is 2.96 bits per heavy atom. The lowest BCUT2D eigenvalue weighted by atomic mass is 10.2. The topological polar surface area (TPSA) is 90.9 Å². The lowest BCUT2D eigenvalue weighted by Gasteiger charge is -2.06. The largest absolute Gasteiger partial charge is 0.440 e. The van der Waals surface area contributed by atoms with Gasteiger partial charge in [0, 0.05) is 13.0 Å². The molecule has 0 bridgehead atoms. The van der Waals surface area contributed by atoms with Gasteiger partial charge in [-0.25, -0.2) is 13.4 Å². The quantitative estimate of drug-likeness (QED) is 0.693. The number of thiophene rings is 1. The third kappa shape index (κ3) is 3.13. The van der Waals surface area contributed by atoms with Crippen molar-refractivity contribution in [1.82, 2.24) is 19.7 Å². The zero-order valence-corrected chi connectivity index (χ0v) is 15.4. The van der Waals surface area contributed by atoms with E-state index >= 15 is 0 Å². The fourth-order valence-electron chi connectivity index (χ4n) is 3.00. The molecule has 0 atom stereocenters. The fourth-order valence-corrected chi connectivity index (χ4v) is 5.10. The Kier molecular flexibility index (Phi) is 4.20. The van der Waals surface area contributed by atoms with Crippen molar-refractivity contribution < 1.29 is 12.8 Å². The Balaban J connectivity index is 1.66. The molecule has 0 aromatic carbocycles. The normalized spacial score (nSPS) is 15.1. The second-order valence-corrected chi connectivity index (χ2v) is 8.95. The second kappa shape index (κ2) is 6.38. The van der Waals surface area contributed by atoms with Crippen LogP contribution in [-0.4, -0.2) is 28.2 Å². The molecule has 0 amide bonds.